The Hall–Kier alpha value is -4.57. The zero-order valence-corrected chi connectivity index (χ0v) is 26.1. The number of nitrogens with zero attached hydrogens (tertiary/aromatic N) is 2. The SMILES string of the molecule is CC(C)CCCN(C(=O)CNC(=O)Nc1cccc(C(C)C(=O)O)c1)c1ccccc1OCC(=O)N(C)c1cccc(Cl)c1. The largest absolute Gasteiger partial charge is 0.482 e. The van der Waals surface area contributed by atoms with E-state index in [0.717, 1.165) is 12.8 Å². The maximum Gasteiger partial charge on any atom is 0.319 e. The van der Waals surface area contributed by atoms with E-state index in [1.807, 2.05) is 0 Å². The molecule has 0 aliphatic rings. The normalized spacial score (nSPS) is 11.4. The van der Waals surface area contributed by atoms with E-state index >= 15 is 0 Å². The van der Waals surface area contributed by atoms with E-state index in [4.69, 9.17) is 16.3 Å². The molecule has 1 atom stereocenters. The zero-order valence-electron chi connectivity index (χ0n) is 25.4. The number of ether oxygens (including phenoxy) is 1. The summed E-state index contributed by atoms with van der Waals surface area (Å²) in [7, 11) is 1.63. The van der Waals surface area contributed by atoms with Crippen molar-refractivity contribution >= 4 is 52.5 Å². The monoisotopic (exact) mass is 622 g/mol. The van der Waals surface area contributed by atoms with Crippen molar-refractivity contribution in [3.05, 3.63) is 83.4 Å². The van der Waals surface area contributed by atoms with E-state index in [1.54, 1.807) is 91.7 Å². The number of benzene rings is 3. The van der Waals surface area contributed by atoms with Crippen LogP contribution in [0.5, 0.6) is 5.75 Å². The molecule has 0 spiro atoms. The second-order valence-electron chi connectivity index (χ2n) is 10.8. The van der Waals surface area contributed by atoms with Crippen molar-refractivity contribution < 1.29 is 29.0 Å². The summed E-state index contributed by atoms with van der Waals surface area (Å²) in [4.78, 5) is 53.4. The molecule has 0 fully saturated rings. The number of nitrogens with one attached hydrogen (secondary N) is 2. The highest BCUT2D eigenvalue weighted by atomic mass is 35.5. The molecule has 3 N–H and O–H groups in total. The molecule has 0 bridgehead atoms. The predicted molar refractivity (Wildman–Crippen MR) is 173 cm³/mol. The average molecular weight is 623 g/mol. The number of urea groups is 1. The Morgan fingerprint density at radius 1 is 0.932 bits per heavy atom. The van der Waals surface area contributed by atoms with Crippen molar-refractivity contribution in [2.75, 3.05) is 41.9 Å². The lowest BCUT2D eigenvalue weighted by atomic mass is 10.0. The maximum absolute atomic E-state index is 13.5. The number of carboxylic acid groups (broad SMARTS) is 1. The van der Waals surface area contributed by atoms with Crippen LogP contribution < -0.4 is 25.2 Å². The number of hydrogen-bond acceptors (Lipinski definition) is 5. The van der Waals surface area contributed by atoms with Gasteiger partial charge in [0.15, 0.2) is 6.61 Å². The highest BCUT2D eigenvalue weighted by molar-refractivity contribution is 6.30. The van der Waals surface area contributed by atoms with E-state index in [0.29, 0.717) is 45.9 Å². The molecule has 0 aliphatic heterocycles. The van der Waals surface area contributed by atoms with Gasteiger partial charge in [0.25, 0.3) is 5.91 Å². The first-order chi connectivity index (χ1) is 21.0. The fraction of sp³-hybridized carbons (Fsp3) is 0.333. The molecule has 0 aromatic heterocycles. The van der Waals surface area contributed by atoms with Crippen LogP contribution in [0, 0.1) is 5.92 Å². The van der Waals surface area contributed by atoms with Crippen LogP contribution in [0.4, 0.5) is 21.9 Å². The number of halogens is 1. The standard InChI is InChI=1S/C33H39ClN4O6/c1-22(2)10-9-17-38(30(39)20-35-33(43)36-26-13-7-11-24(18-26)23(3)32(41)42)28-15-5-6-16-29(28)44-21-31(40)37(4)27-14-8-12-25(34)19-27/h5-8,11-16,18-19,22-23H,9-10,17,20-21H2,1-4H3,(H,41,42)(H2,35,36,43). The van der Waals surface area contributed by atoms with Gasteiger partial charge in [-0.15, -0.1) is 0 Å². The lowest BCUT2D eigenvalue weighted by Gasteiger charge is -2.26. The Morgan fingerprint density at radius 3 is 2.36 bits per heavy atom. The number of hydrogen-bond donors (Lipinski definition) is 3. The smallest absolute Gasteiger partial charge is 0.319 e. The quantitative estimate of drug-likeness (QED) is 0.198. The number of carboxylic acids is 1. The van der Waals surface area contributed by atoms with E-state index in [1.165, 1.54) is 4.90 Å². The molecule has 11 heteroatoms. The van der Waals surface area contributed by atoms with Crippen LogP contribution in [0.1, 0.15) is 45.1 Å². The van der Waals surface area contributed by atoms with Gasteiger partial charge in [-0.1, -0.05) is 55.8 Å². The van der Waals surface area contributed by atoms with E-state index in [9.17, 15) is 24.3 Å². The lowest BCUT2D eigenvalue weighted by molar-refractivity contribution is -0.138. The minimum absolute atomic E-state index is 0.270. The van der Waals surface area contributed by atoms with Crippen LogP contribution in [0.15, 0.2) is 72.8 Å². The maximum atomic E-state index is 13.5. The number of rotatable bonds is 14. The van der Waals surface area contributed by atoms with Gasteiger partial charge in [0.05, 0.1) is 18.2 Å². The summed E-state index contributed by atoms with van der Waals surface area (Å²) in [5.41, 5.74) is 2.05. The fourth-order valence-corrected chi connectivity index (χ4v) is 4.54. The number of aliphatic carboxylic acids is 1. The highest BCUT2D eigenvalue weighted by Crippen LogP contribution is 2.29. The van der Waals surface area contributed by atoms with E-state index in [-0.39, 0.29) is 25.0 Å². The predicted octanol–water partition coefficient (Wildman–Crippen LogP) is 6.16. The van der Waals surface area contributed by atoms with Crippen molar-refractivity contribution in [2.24, 2.45) is 5.92 Å². The molecule has 0 saturated heterocycles. The molecule has 4 amide bonds. The van der Waals surface area contributed by atoms with Gasteiger partial charge in [-0.05, 0) is 73.7 Å². The van der Waals surface area contributed by atoms with Gasteiger partial charge >= 0.3 is 12.0 Å². The third-order valence-electron chi connectivity index (χ3n) is 6.96. The molecule has 234 valence electrons. The fourth-order valence-electron chi connectivity index (χ4n) is 4.36. The van der Waals surface area contributed by atoms with Crippen LogP contribution in [0.2, 0.25) is 5.02 Å². The van der Waals surface area contributed by atoms with Gasteiger partial charge in [0.2, 0.25) is 5.91 Å². The van der Waals surface area contributed by atoms with Gasteiger partial charge in [-0.25, -0.2) is 4.79 Å². The summed E-state index contributed by atoms with van der Waals surface area (Å²) < 4.78 is 5.92. The molecule has 0 heterocycles. The summed E-state index contributed by atoms with van der Waals surface area (Å²) in [6.07, 6.45) is 1.60. The van der Waals surface area contributed by atoms with Crippen LogP contribution >= 0.6 is 11.6 Å². The molecule has 0 radical (unpaired) electrons. The summed E-state index contributed by atoms with van der Waals surface area (Å²) in [6, 6.07) is 19.8. The van der Waals surface area contributed by atoms with Crippen LogP contribution in [-0.2, 0) is 14.4 Å². The molecule has 3 aromatic rings. The Bertz CT molecular complexity index is 1460. The lowest BCUT2D eigenvalue weighted by Crippen LogP contribution is -2.42. The first-order valence-corrected chi connectivity index (χ1v) is 14.8. The van der Waals surface area contributed by atoms with E-state index in [2.05, 4.69) is 24.5 Å². The van der Waals surface area contributed by atoms with Crippen molar-refractivity contribution in [1.29, 1.82) is 0 Å². The summed E-state index contributed by atoms with van der Waals surface area (Å²) in [5.74, 6) is -1.60. The summed E-state index contributed by atoms with van der Waals surface area (Å²) in [6.45, 7) is 5.57. The first kappa shape index (κ1) is 33.9. The Morgan fingerprint density at radius 2 is 1.66 bits per heavy atom. The summed E-state index contributed by atoms with van der Waals surface area (Å²) >= 11 is 6.07. The van der Waals surface area contributed by atoms with Gasteiger partial charge in [0.1, 0.15) is 5.75 Å². The molecule has 10 nitrogen and oxygen atoms in total. The second kappa shape index (κ2) is 16.3. The molecular weight excluding hydrogens is 584 g/mol. The van der Waals surface area contributed by atoms with Crippen LogP contribution in [0.3, 0.4) is 0 Å². The first-order valence-electron chi connectivity index (χ1n) is 14.4. The molecule has 3 rings (SSSR count). The molecule has 3 aromatic carbocycles. The zero-order chi connectivity index (χ0) is 32.2. The second-order valence-corrected chi connectivity index (χ2v) is 11.2. The highest BCUT2D eigenvalue weighted by Gasteiger charge is 2.22. The number of amides is 4. The number of anilines is 3. The summed E-state index contributed by atoms with van der Waals surface area (Å²) in [5, 5.41) is 15.0. The van der Waals surface area contributed by atoms with Gasteiger partial charge in [0, 0.05) is 30.0 Å². The van der Waals surface area contributed by atoms with E-state index < -0.39 is 17.9 Å². The molecule has 1 unspecified atom stereocenters. The van der Waals surface area contributed by atoms with Gasteiger partial charge in [-0.3, -0.25) is 14.4 Å². The van der Waals surface area contributed by atoms with Gasteiger partial charge < -0.3 is 30.3 Å². The molecular formula is C33H39ClN4O6. The van der Waals surface area contributed by atoms with Crippen molar-refractivity contribution in [3.8, 4) is 5.75 Å². The number of carbonyl (C=O) groups is 4. The Labute approximate surface area is 262 Å². The van der Waals surface area contributed by atoms with Gasteiger partial charge in [-0.2, -0.15) is 0 Å². The van der Waals surface area contributed by atoms with Crippen LogP contribution in [0.25, 0.3) is 0 Å². The van der Waals surface area contributed by atoms with Crippen molar-refractivity contribution in [2.45, 2.75) is 39.5 Å². The minimum atomic E-state index is -0.975. The van der Waals surface area contributed by atoms with Crippen LogP contribution in [-0.4, -0.2) is 55.7 Å². The number of carbonyl (C=O) groups excluding carboxylic acids is 3. The third kappa shape index (κ3) is 10.0. The average Bonchev–Trinajstić information content (AvgIpc) is 3.00. The number of para-hydroxylation sites is 2. The third-order valence-corrected chi connectivity index (χ3v) is 7.19. The van der Waals surface area contributed by atoms with Crippen molar-refractivity contribution in [1.82, 2.24) is 5.32 Å². The molecule has 0 saturated carbocycles. The topological polar surface area (TPSA) is 128 Å². The number of likely N-dealkylation sites (N-methyl/N-ethyl adjacent to an activating group) is 1. The minimum Gasteiger partial charge on any atom is -0.482 e. The Kier molecular flexibility index (Phi) is 12.6. The Balaban J connectivity index is 1.70. The molecule has 44 heavy (non-hydrogen) atoms. The molecule has 0 aliphatic carbocycles. The van der Waals surface area contributed by atoms with Crippen molar-refractivity contribution in [3.63, 3.8) is 0 Å².